The zero-order chi connectivity index (χ0) is 25.8. The SMILES string of the molecule is Cc1cccc(C)c1NC(=O)CN1C(=O)S/C(=C/c2ccc(OCc3ccc(Cl)cc3Cl)cc2)C1=O. The van der Waals surface area contributed by atoms with E-state index in [1.807, 2.05) is 32.0 Å². The summed E-state index contributed by atoms with van der Waals surface area (Å²) in [4.78, 5) is 39.0. The summed E-state index contributed by atoms with van der Waals surface area (Å²) >= 11 is 12.9. The number of ether oxygens (including phenoxy) is 1. The molecule has 3 aromatic carbocycles. The number of rotatable bonds is 7. The summed E-state index contributed by atoms with van der Waals surface area (Å²) in [5, 5.41) is 3.40. The van der Waals surface area contributed by atoms with Crippen molar-refractivity contribution in [2.45, 2.75) is 20.5 Å². The van der Waals surface area contributed by atoms with E-state index in [4.69, 9.17) is 27.9 Å². The monoisotopic (exact) mass is 540 g/mol. The molecule has 6 nitrogen and oxygen atoms in total. The lowest BCUT2D eigenvalue weighted by molar-refractivity contribution is -0.127. The Hall–Kier alpha value is -3.26. The number of benzene rings is 3. The molecule has 1 aliphatic heterocycles. The third kappa shape index (κ3) is 6.10. The first-order chi connectivity index (χ1) is 17.2. The number of carbonyl (C=O) groups is 3. The van der Waals surface area contributed by atoms with Crippen molar-refractivity contribution in [3.8, 4) is 5.75 Å². The molecular weight excluding hydrogens is 519 g/mol. The molecule has 1 aliphatic rings. The summed E-state index contributed by atoms with van der Waals surface area (Å²) in [7, 11) is 0. The van der Waals surface area contributed by atoms with Crippen LogP contribution in [0.1, 0.15) is 22.3 Å². The van der Waals surface area contributed by atoms with E-state index in [0.29, 0.717) is 21.5 Å². The Morgan fingerprint density at radius 1 is 1.03 bits per heavy atom. The second-order valence-corrected chi connectivity index (χ2v) is 10.0. The summed E-state index contributed by atoms with van der Waals surface area (Å²) in [5.74, 6) is -0.313. The molecular formula is C27H22Cl2N2O4S. The van der Waals surface area contributed by atoms with Gasteiger partial charge >= 0.3 is 0 Å². The van der Waals surface area contributed by atoms with Gasteiger partial charge < -0.3 is 10.1 Å². The summed E-state index contributed by atoms with van der Waals surface area (Å²) in [6.07, 6.45) is 1.62. The average molecular weight is 541 g/mol. The van der Waals surface area contributed by atoms with Crippen LogP contribution in [0.2, 0.25) is 10.0 Å². The molecule has 1 heterocycles. The van der Waals surface area contributed by atoms with E-state index in [2.05, 4.69) is 5.32 Å². The molecule has 0 atom stereocenters. The van der Waals surface area contributed by atoms with Gasteiger partial charge in [-0.05, 0) is 72.6 Å². The summed E-state index contributed by atoms with van der Waals surface area (Å²) in [6.45, 7) is 3.69. The van der Waals surface area contributed by atoms with Gasteiger partial charge in [0.05, 0.1) is 4.91 Å². The Morgan fingerprint density at radius 3 is 2.39 bits per heavy atom. The molecule has 4 rings (SSSR count). The molecule has 9 heteroatoms. The van der Waals surface area contributed by atoms with Gasteiger partial charge in [-0.15, -0.1) is 0 Å². The highest BCUT2D eigenvalue weighted by Gasteiger charge is 2.36. The van der Waals surface area contributed by atoms with Gasteiger partial charge in [0, 0.05) is 21.3 Å². The van der Waals surface area contributed by atoms with Crippen molar-refractivity contribution in [1.82, 2.24) is 4.90 Å². The molecule has 3 aromatic rings. The van der Waals surface area contributed by atoms with E-state index < -0.39 is 17.1 Å². The van der Waals surface area contributed by atoms with Crippen LogP contribution in [0.3, 0.4) is 0 Å². The van der Waals surface area contributed by atoms with Crippen molar-refractivity contribution in [1.29, 1.82) is 0 Å². The molecule has 3 amide bonds. The Labute approximate surface area is 223 Å². The van der Waals surface area contributed by atoms with Crippen molar-refractivity contribution >= 4 is 63.8 Å². The molecule has 0 aromatic heterocycles. The minimum atomic E-state index is -0.501. The Kier molecular flexibility index (Phi) is 8.04. The van der Waals surface area contributed by atoms with Crippen molar-refractivity contribution in [2.24, 2.45) is 0 Å². The zero-order valence-electron chi connectivity index (χ0n) is 19.5. The lowest BCUT2D eigenvalue weighted by Crippen LogP contribution is -2.36. The number of imide groups is 1. The third-order valence-electron chi connectivity index (χ3n) is 5.51. The van der Waals surface area contributed by atoms with Crippen LogP contribution < -0.4 is 10.1 Å². The highest BCUT2D eigenvalue weighted by atomic mass is 35.5. The van der Waals surface area contributed by atoms with Crippen LogP contribution in [0.5, 0.6) is 5.75 Å². The van der Waals surface area contributed by atoms with Gasteiger partial charge in [-0.1, -0.05) is 59.6 Å². The molecule has 184 valence electrons. The van der Waals surface area contributed by atoms with Gasteiger partial charge in [-0.25, -0.2) is 0 Å². The van der Waals surface area contributed by atoms with Gasteiger partial charge in [-0.2, -0.15) is 0 Å². The van der Waals surface area contributed by atoms with E-state index in [1.165, 1.54) is 0 Å². The second kappa shape index (κ2) is 11.2. The minimum absolute atomic E-state index is 0.251. The van der Waals surface area contributed by atoms with Crippen LogP contribution in [0.25, 0.3) is 6.08 Å². The number of thioether (sulfide) groups is 1. The Morgan fingerprint density at radius 2 is 1.72 bits per heavy atom. The van der Waals surface area contributed by atoms with E-state index in [0.717, 1.165) is 38.9 Å². The van der Waals surface area contributed by atoms with Crippen LogP contribution in [-0.2, 0) is 16.2 Å². The molecule has 0 unspecified atom stereocenters. The van der Waals surface area contributed by atoms with Crippen LogP contribution in [0.4, 0.5) is 10.5 Å². The maximum absolute atomic E-state index is 12.8. The van der Waals surface area contributed by atoms with E-state index >= 15 is 0 Å². The third-order valence-corrected chi connectivity index (χ3v) is 7.00. The van der Waals surface area contributed by atoms with E-state index in [-0.39, 0.29) is 18.1 Å². The maximum atomic E-state index is 12.8. The standard InChI is InChI=1S/C27H22Cl2N2O4S/c1-16-4-3-5-17(2)25(16)30-24(32)14-31-26(33)23(36-27(31)34)12-18-6-10-21(11-7-18)35-15-19-8-9-20(28)13-22(19)29/h3-13H,14-15H2,1-2H3,(H,30,32)/b23-12+. The van der Waals surface area contributed by atoms with Gasteiger partial charge in [0.2, 0.25) is 5.91 Å². The zero-order valence-corrected chi connectivity index (χ0v) is 21.8. The van der Waals surface area contributed by atoms with Gasteiger partial charge in [0.1, 0.15) is 18.9 Å². The number of nitrogens with one attached hydrogen (secondary N) is 1. The predicted octanol–water partition coefficient (Wildman–Crippen LogP) is 6.86. The quantitative estimate of drug-likeness (QED) is 0.331. The van der Waals surface area contributed by atoms with E-state index in [1.54, 1.807) is 48.5 Å². The molecule has 36 heavy (non-hydrogen) atoms. The number of anilines is 1. The largest absolute Gasteiger partial charge is 0.489 e. The molecule has 0 spiro atoms. The number of carbonyl (C=O) groups excluding carboxylic acids is 3. The van der Waals surface area contributed by atoms with Crippen LogP contribution in [-0.4, -0.2) is 28.5 Å². The number of para-hydroxylation sites is 1. The van der Waals surface area contributed by atoms with Crippen LogP contribution in [0, 0.1) is 13.8 Å². The topological polar surface area (TPSA) is 75.7 Å². The molecule has 0 saturated carbocycles. The fourth-order valence-corrected chi connectivity index (χ4v) is 4.88. The first-order valence-corrected chi connectivity index (χ1v) is 12.6. The fourth-order valence-electron chi connectivity index (χ4n) is 3.58. The lowest BCUT2D eigenvalue weighted by Gasteiger charge is -2.15. The summed E-state index contributed by atoms with van der Waals surface area (Å²) in [5.41, 5.74) is 4.02. The highest BCUT2D eigenvalue weighted by Crippen LogP contribution is 2.32. The van der Waals surface area contributed by atoms with Crippen molar-refractivity contribution < 1.29 is 19.1 Å². The predicted molar refractivity (Wildman–Crippen MR) is 144 cm³/mol. The first-order valence-electron chi connectivity index (χ1n) is 11.0. The number of halogens is 2. The molecule has 1 fully saturated rings. The highest BCUT2D eigenvalue weighted by molar-refractivity contribution is 8.18. The number of aryl methyl sites for hydroxylation is 2. The molecule has 0 radical (unpaired) electrons. The summed E-state index contributed by atoms with van der Waals surface area (Å²) in [6, 6.07) is 18.0. The molecule has 1 saturated heterocycles. The van der Waals surface area contributed by atoms with Crippen LogP contribution >= 0.6 is 35.0 Å². The van der Waals surface area contributed by atoms with Crippen LogP contribution in [0.15, 0.2) is 65.6 Å². The smallest absolute Gasteiger partial charge is 0.294 e. The average Bonchev–Trinajstić information content (AvgIpc) is 3.09. The number of nitrogens with zero attached hydrogens (tertiary/aromatic N) is 1. The van der Waals surface area contributed by atoms with Gasteiger partial charge in [0.15, 0.2) is 0 Å². The van der Waals surface area contributed by atoms with Crippen molar-refractivity contribution in [3.05, 3.63) is 97.9 Å². The Balaban J connectivity index is 1.38. The minimum Gasteiger partial charge on any atom is -0.489 e. The number of hydrogen-bond donors (Lipinski definition) is 1. The lowest BCUT2D eigenvalue weighted by atomic mass is 10.1. The van der Waals surface area contributed by atoms with Crippen molar-refractivity contribution in [2.75, 3.05) is 11.9 Å². The second-order valence-electron chi connectivity index (χ2n) is 8.18. The number of amides is 3. The maximum Gasteiger partial charge on any atom is 0.294 e. The normalized spacial score (nSPS) is 14.4. The molecule has 1 N–H and O–H groups in total. The van der Waals surface area contributed by atoms with Crippen molar-refractivity contribution in [3.63, 3.8) is 0 Å². The molecule has 0 bridgehead atoms. The van der Waals surface area contributed by atoms with Gasteiger partial charge in [0.25, 0.3) is 11.1 Å². The fraction of sp³-hybridized carbons (Fsp3) is 0.148. The van der Waals surface area contributed by atoms with E-state index in [9.17, 15) is 14.4 Å². The summed E-state index contributed by atoms with van der Waals surface area (Å²) < 4.78 is 5.78. The first kappa shape index (κ1) is 25.8. The Bertz CT molecular complexity index is 1350. The number of hydrogen-bond acceptors (Lipinski definition) is 5. The van der Waals surface area contributed by atoms with Gasteiger partial charge in [-0.3, -0.25) is 19.3 Å². The molecule has 0 aliphatic carbocycles.